The molecule has 0 fully saturated rings. The van der Waals surface area contributed by atoms with Crippen molar-refractivity contribution < 1.29 is 0 Å². The topological polar surface area (TPSA) is 73.8 Å². The Morgan fingerprint density at radius 1 is 0.967 bits per heavy atom. The average molecular weight is 489 g/mol. The summed E-state index contributed by atoms with van der Waals surface area (Å²) < 4.78 is 5.28. The maximum atomic E-state index is 12.9. The minimum atomic E-state index is -0.412. The zero-order valence-electron chi connectivity index (χ0n) is 16.4. The van der Waals surface area contributed by atoms with Crippen molar-refractivity contribution in [3.05, 3.63) is 90.0 Å². The number of halogens is 2. The second-order valence-corrected chi connectivity index (χ2v) is 8.36. The fourth-order valence-electron chi connectivity index (χ4n) is 3.29. The number of hydrogen-bond donors (Lipinski definition) is 1. The maximum absolute atomic E-state index is 12.9. The van der Waals surface area contributed by atoms with Gasteiger partial charge in [-0.1, -0.05) is 51.8 Å². The van der Waals surface area contributed by atoms with Crippen LogP contribution in [0.3, 0.4) is 0 Å². The number of rotatable bonds is 5. The van der Waals surface area contributed by atoms with Gasteiger partial charge >= 0.3 is 5.69 Å². The van der Waals surface area contributed by atoms with Crippen LogP contribution in [0.15, 0.2) is 62.6 Å². The molecule has 4 aromatic rings. The summed E-state index contributed by atoms with van der Waals surface area (Å²) in [6, 6.07) is 15.3. The number of benzene rings is 2. The molecule has 9 heteroatoms. The van der Waals surface area contributed by atoms with Crippen molar-refractivity contribution in [1.29, 1.82) is 0 Å². The van der Waals surface area contributed by atoms with Gasteiger partial charge in [-0.25, -0.2) is 4.79 Å². The fraction of sp³-hybridized carbons (Fsp3) is 0.190. The molecule has 1 N–H and O–H groups in total. The van der Waals surface area contributed by atoms with Gasteiger partial charge in [-0.15, -0.1) is 0 Å². The first kappa shape index (κ1) is 20.4. The number of aryl methyl sites for hydroxylation is 1. The van der Waals surface area contributed by atoms with Crippen molar-refractivity contribution in [2.45, 2.75) is 13.1 Å². The molecule has 2 aromatic carbocycles. The van der Waals surface area contributed by atoms with Crippen LogP contribution in [0.25, 0.3) is 11.2 Å². The van der Waals surface area contributed by atoms with Crippen LogP contribution in [0, 0.1) is 0 Å². The Labute approximate surface area is 185 Å². The second-order valence-electron chi connectivity index (χ2n) is 7.01. The minimum absolute atomic E-state index is 0.346. The monoisotopic (exact) mass is 487 g/mol. The SMILES string of the molecule is Cn1c(=O)c2c(nc(NCc3ccc(Cl)cc3)n2Cc2ccc(Br)cc2)n(C)c1=O. The summed E-state index contributed by atoms with van der Waals surface area (Å²) >= 11 is 9.40. The van der Waals surface area contributed by atoms with Gasteiger partial charge in [0.25, 0.3) is 5.56 Å². The lowest BCUT2D eigenvalue weighted by atomic mass is 10.2. The fourth-order valence-corrected chi connectivity index (χ4v) is 3.68. The van der Waals surface area contributed by atoms with Crippen molar-refractivity contribution in [3.8, 4) is 0 Å². The Balaban J connectivity index is 1.82. The van der Waals surface area contributed by atoms with Crippen molar-refractivity contribution in [3.63, 3.8) is 0 Å². The molecule has 0 saturated heterocycles. The number of aromatic nitrogens is 4. The van der Waals surface area contributed by atoms with Crippen LogP contribution in [0.1, 0.15) is 11.1 Å². The number of nitrogens with one attached hydrogen (secondary N) is 1. The molecular formula is C21H19BrClN5O2. The van der Waals surface area contributed by atoms with Crippen LogP contribution in [0.5, 0.6) is 0 Å². The van der Waals surface area contributed by atoms with Gasteiger partial charge in [0.2, 0.25) is 5.95 Å². The van der Waals surface area contributed by atoms with E-state index in [2.05, 4.69) is 26.2 Å². The number of fused-ring (bicyclic) bond motifs is 1. The number of anilines is 1. The molecule has 0 atom stereocenters. The summed E-state index contributed by atoms with van der Waals surface area (Å²) in [4.78, 5) is 29.9. The molecule has 154 valence electrons. The Kier molecular flexibility index (Phi) is 5.53. The summed E-state index contributed by atoms with van der Waals surface area (Å²) in [7, 11) is 3.09. The largest absolute Gasteiger partial charge is 0.351 e. The van der Waals surface area contributed by atoms with E-state index in [1.54, 1.807) is 7.05 Å². The van der Waals surface area contributed by atoms with Crippen LogP contribution in [-0.4, -0.2) is 18.7 Å². The van der Waals surface area contributed by atoms with Gasteiger partial charge < -0.3 is 5.32 Å². The zero-order valence-corrected chi connectivity index (χ0v) is 18.7. The lowest BCUT2D eigenvalue weighted by molar-refractivity contribution is 0.702. The molecule has 0 aliphatic rings. The van der Waals surface area contributed by atoms with E-state index in [0.29, 0.717) is 35.2 Å². The summed E-state index contributed by atoms with van der Waals surface area (Å²) in [5.74, 6) is 0.515. The molecule has 0 bridgehead atoms. The van der Waals surface area contributed by atoms with Crippen molar-refractivity contribution >= 4 is 44.6 Å². The third kappa shape index (κ3) is 3.80. The van der Waals surface area contributed by atoms with Gasteiger partial charge in [0.15, 0.2) is 11.2 Å². The molecule has 0 unspecified atom stereocenters. The molecule has 0 saturated carbocycles. The van der Waals surface area contributed by atoms with E-state index in [-0.39, 0.29) is 5.56 Å². The standard InChI is InChI=1S/C21H19BrClN5O2/c1-26-18-17(19(29)27(2)21(26)30)28(12-14-3-7-15(22)8-4-14)20(25-18)24-11-13-5-9-16(23)10-6-13/h3-10H,11-12H2,1-2H3,(H,24,25). The van der Waals surface area contributed by atoms with Crippen LogP contribution >= 0.6 is 27.5 Å². The lowest BCUT2D eigenvalue weighted by Gasteiger charge is -2.11. The van der Waals surface area contributed by atoms with E-state index in [9.17, 15) is 9.59 Å². The molecule has 0 radical (unpaired) electrons. The van der Waals surface area contributed by atoms with E-state index >= 15 is 0 Å². The third-order valence-electron chi connectivity index (χ3n) is 4.97. The lowest BCUT2D eigenvalue weighted by Crippen LogP contribution is -2.37. The highest BCUT2D eigenvalue weighted by Gasteiger charge is 2.19. The molecule has 0 amide bonds. The third-order valence-corrected chi connectivity index (χ3v) is 5.75. The Hall–Kier alpha value is -2.84. The van der Waals surface area contributed by atoms with Crippen molar-refractivity contribution in [2.24, 2.45) is 14.1 Å². The predicted molar refractivity (Wildman–Crippen MR) is 122 cm³/mol. The number of nitrogens with zero attached hydrogens (tertiary/aromatic N) is 4. The van der Waals surface area contributed by atoms with E-state index in [0.717, 1.165) is 20.2 Å². The quantitative estimate of drug-likeness (QED) is 0.467. The van der Waals surface area contributed by atoms with E-state index in [4.69, 9.17) is 11.6 Å². The van der Waals surface area contributed by atoms with E-state index in [1.807, 2.05) is 53.1 Å². The zero-order chi connectivity index (χ0) is 21.4. The van der Waals surface area contributed by atoms with Gasteiger partial charge in [-0.2, -0.15) is 4.98 Å². The molecule has 2 aromatic heterocycles. The Morgan fingerprint density at radius 3 is 2.27 bits per heavy atom. The number of imidazole rings is 1. The average Bonchev–Trinajstić information content (AvgIpc) is 3.10. The van der Waals surface area contributed by atoms with Gasteiger partial charge in [-0.3, -0.25) is 18.5 Å². The first-order chi connectivity index (χ1) is 14.3. The second kappa shape index (κ2) is 8.12. The molecule has 30 heavy (non-hydrogen) atoms. The highest BCUT2D eigenvalue weighted by atomic mass is 79.9. The van der Waals surface area contributed by atoms with Gasteiger partial charge in [0, 0.05) is 30.1 Å². The normalized spacial score (nSPS) is 11.2. The van der Waals surface area contributed by atoms with Crippen LogP contribution in [0.4, 0.5) is 5.95 Å². The van der Waals surface area contributed by atoms with Crippen LogP contribution < -0.4 is 16.6 Å². The highest BCUT2D eigenvalue weighted by Crippen LogP contribution is 2.20. The predicted octanol–water partition coefficient (Wildman–Crippen LogP) is 3.51. The van der Waals surface area contributed by atoms with Crippen molar-refractivity contribution in [2.75, 3.05) is 5.32 Å². The minimum Gasteiger partial charge on any atom is -0.351 e. The Morgan fingerprint density at radius 2 is 1.60 bits per heavy atom. The first-order valence-corrected chi connectivity index (χ1v) is 10.4. The molecule has 4 rings (SSSR count). The van der Waals surface area contributed by atoms with Crippen LogP contribution in [0.2, 0.25) is 5.02 Å². The number of hydrogen-bond acceptors (Lipinski definition) is 4. The molecule has 0 aliphatic heterocycles. The van der Waals surface area contributed by atoms with Gasteiger partial charge in [-0.05, 0) is 35.4 Å². The molecular weight excluding hydrogens is 470 g/mol. The summed E-state index contributed by atoms with van der Waals surface area (Å²) in [5, 5.41) is 3.97. The van der Waals surface area contributed by atoms with E-state index < -0.39 is 5.69 Å². The van der Waals surface area contributed by atoms with Gasteiger partial charge in [0.1, 0.15) is 0 Å². The summed E-state index contributed by atoms with van der Waals surface area (Å²) in [6.45, 7) is 0.926. The molecule has 7 nitrogen and oxygen atoms in total. The van der Waals surface area contributed by atoms with Crippen LogP contribution in [-0.2, 0) is 27.2 Å². The van der Waals surface area contributed by atoms with E-state index in [1.165, 1.54) is 11.6 Å². The maximum Gasteiger partial charge on any atom is 0.332 e. The first-order valence-electron chi connectivity index (χ1n) is 9.24. The Bertz CT molecular complexity index is 1340. The molecule has 0 spiro atoms. The van der Waals surface area contributed by atoms with Crippen molar-refractivity contribution in [1.82, 2.24) is 18.7 Å². The van der Waals surface area contributed by atoms with Gasteiger partial charge in [0.05, 0.1) is 6.54 Å². The smallest absolute Gasteiger partial charge is 0.332 e. The molecule has 2 heterocycles. The highest BCUT2D eigenvalue weighted by molar-refractivity contribution is 9.10. The molecule has 0 aliphatic carbocycles. The summed E-state index contributed by atoms with van der Waals surface area (Å²) in [6.07, 6.45) is 0. The summed E-state index contributed by atoms with van der Waals surface area (Å²) in [5.41, 5.74) is 1.95.